The summed E-state index contributed by atoms with van der Waals surface area (Å²) < 4.78 is 0. The van der Waals surface area contributed by atoms with Gasteiger partial charge in [-0.3, -0.25) is 4.90 Å². The third-order valence-corrected chi connectivity index (χ3v) is 3.83. The molecule has 21 heavy (non-hydrogen) atoms. The molecule has 0 atom stereocenters. The lowest BCUT2D eigenvalue weighted by atomic mass is 10.0. The molecule has 0 unspecified atom stereocenters. The van der Waals surface area contributed by atoms with Gasteiger partial charge in [-0.1, -0.05) is 57.4 Å². The van der Waals surface area contributed by atoms with E-state index in [4.69, 9.17) is 0 Å². The standard InChI is InChI=1S/C18H26N2O/c1-15(2)8-4-3-7-12-19-18(21)20-13-11-16-9-5-6-10-17(16)14-20/h5-6,9-11,13,15H,3-4,7-8,12,14H2,1-2H3,(H,19,21). The minimum atomic E-state index is 0.00427. The Bertz CT molecular complexity index is 494. The number of hydrogen-bond donors (Lipinski definition) is 1. The zero-order valence-corrected chi connectivity index (χ0v) is 13.1. The van der Waals surface area contributed by atoms with Crippen LogP contribution >= 0.6 is 0 Å². The van der Waals surface area contributed by atoms with Crippen molar-refractivity contribution in [1.29, 1.82) is 0 Å². The van der Waals surface area contributed by atoms with E-state index in [2.05, 4.69) is 31.3 Å². The van der Waals surface area contributed by atoms with Crippen LogP contribution in [0.1, 0.15) is 50.7 Å². The van der Waals surface area contributed by atoms with Gasteiger partial charge in [-0.15, -0.1) is 0 Å². The fraction of sp³-hybridized carbons (Fsp3) is 0.500. The first-order valence-electron chi connectivity index (χ1n) is 7.97. The Morgan fingerprint density at radius 3 is 2.86 bits per heavy atom. The summed E-state index contributed by atoms with van der Waals surface area (Å²) in [5.74, 6) is 0.776. The normalized spacial score (nSPS) is 13.4. The molecule has 0 saturated heterocycles. The maximum absolute atomic E-state index is 12.1. The van der Waals surface area contributed by atoms with Crippen LogP contribution in [0.5, 0.6) is 0 Å². The molecule has 0 fully saturated rings. The van der Waals surface area contributed by atoms with Gasteiger partial charge in [-0.2, -0.15) is 0 Å². The number of rotatable bonds is 6. The van der Waals surface area contributed by atoms with E-state index in [1.54, 1.807) is 4.90 Å². The van der Waals surface area contributed by atoms with E-state index in [0.29, 0.717) is 6.54 Å². The molecule has 1 aromatic rings. The Morgan fingerprint density at radius 1 is 1.24 bits per heavy atom. The van der Waals surface area contributed by atoms with Gasteiger partial charge in [-0.25, -0.2) is 4.79 Å². The van der Waals surface area contributed by atoms with Crippen molar-refractivity contribution in [3.05, 3.63) is 41.6 Å². The monoisotopic (exact) mass is 286 g/mol. The topological polar surface area (TPSA) is 32.3 Å². The molecule has 1 N–H and O–H groups in total. The second-order valence-corrected chi connectivity index (χ2v) is 6.12. The largest absolute Gasteiger partial charge is 0.338 e. The van der Waals surface area contributed by atoms with Crippen molar-refractivity contribution in [2.75, 3.05) is 6.54 Å². The summed E-state index contributed by atoms with van der Waals surface area (Å²) in [7, 11) is 0. The molecule has 0 saturated carbocycles. The molecule has 0 aliphatic carbocycles. The summed E-state index contributed by atoms with van der Waals surface area (Å²) in [6, 6.07) is 8.20. The smallest absolute Gasteiger partial charge is 0.321 e. The molecule has 114 valence electrons. The minimum absolute atomic E-state index is 0.00427. The van der Waals surface area contributed by atoms with Crippen LogP contribution in [0, 0.1) is 5.92 Å². The first kappa shape index (κ1) is 15.6. The summed E-state index contributed by atoms with van der Waals surface area (Å²) >= 11 is 0. The van der Waals surface area contributed by atoms with Crippen LogP contribution in [0.15, 0.2) is 30.5 Å². The lowest BCUT2D eigenvalue weighted by molar-refractivity contribution is 0.213. The van der Waals surface area contributed by atoms with Crippen molar-refractivity contribution in [2.24, 2.45) is 5.92 Å². The number of unbranched alkanes of at least 4 members (excludes halogenated alkanes) is 2. The zero-order valence-electron chi connectivity index (χ0n) is 13.1. The summed E-state index contributed by atoms with van der Waals surface area (Å²) in [5, 5.41) is 3.01. The van der Waals surface area contributed by atoms with Gasteiger partial charge in [0, 0.05) is 12.7 Å². The molecule has 0 bridgehead atoms. The fourth-order valence-corrected chi connectivity index (χ4v) is 2.54. The zero-order chi connectivity index (χ0) is 15.1. The number of urea groups is 1. The molecule has 0 radical (unpaired) electrons. The average Bonchev–Trinajstić information content (AvgIpc) is 2.49. The number of nitrogens with zero attached hydrogens (tertiary/aromatic N) is 1. The molecule has 3 heteroatoms. The maximum atomic E-state index is 12.1. The molecule has 0 aromatic heterocycles. The van der Waals surface area contributed by atoms with E-state index in [1.807, 2.05) is 24.4 Å². The van der Waals surface area contributed by atoms with Gasteiger partial charge in [0.15, 0.2) is 0 Å². The lowest BCUT2D eigenvalue weighted by Crippen LogP contribution is -2.37. The molecule has 2 rings (SSSR count). The highest BCUT2D eigenvalue weighted by Crippen LogP contribution is 2.19. The van der Waals surface area contributed by atoms with Gasteiger partial charge >= 0.3 is 6.03 Å². The summed E-state index contributed by atoms with van der Waals surface area (Å²) in [6.07, 6.45) is 8.66. The number of fused-ring (bicyclic) bond motifs is 1. The van der Waals surface area contributed by atoms with Gasteiger partial charge in [0.1, 0.15) is 0 Å². The molecular formula is C18H26N2O. The SMILES string of the molecule is CC(C)CCCCCNC(=O)N1C=Cc2ccccc2C1. The van der Waals surface area contributed by atoms with E-state index in [0.717, 1.165) is 18.9 Å². The number of hydrogen-bond acceptors (Lipinski definition) is 1. The van der Waals surface area contributed by atoms with Crippen molar-refractivity contribution >= 4 is 12.1 Å². The van der Waals surface area contributed by atoms with Crippen molar-refractivity contribution in [2.45, 2.75) is 46.1 Å². The predicted molar refractivity (Wildman–Crippen MR) is 87.7 cm³/mol. The molecule has 3 nitrogen and oxygen atoms in total. The molecule has 1 aliphatic heterocycles. The summed E-state index contributed by atoms with van der Waals surface area (Å²) in [4.78, 5) is 13.9. The predicted octanol–water partition coefficient (Wildman–Crippen LogP) is 4.40. The fourth-order valence-electron chi connectivity index (χ4n) is 2.54. The van der Waals surface area contributed by atoms with Gasteiger partial charge in [0.05, 0.1) is 6.54 Å². The summed E-state index contributed by atoms with van der Waals surface area (Å²) in [6.45, 7) is 5.93. The molecule has 1 heterocycles. The Kier molecular flexibility index (Phi) is 5.85. The van der Waals surface area contributed by atoms with E-state index in [-0.39, 0.29) is 6.03 Å². The first-order valence-corrected chi connectivity index (χ1v) is 7.97. The van der Waals surface area contributed by atoms with E-state index in [9.17, 15) is 4.79 Å². The third kappa shape index (κ3) is 4.92. The van der Waals surface area contributed by atoms with Crippen molar-refractivity contribution in [3.8, 4) is 0 Å². The van der Waals surface area contributed by atoms with Crippen molar-refractivity contribution in [3.63, 3.8) is 0 Å². The van der Waals surface area contributed by atoms with Crippen molar-refractivity contribution in [1.82, 2.24) is 10.2 Å². The third-order valence-electron chi connectivity index (χ3n) is 3.83. The first-order chi connectivity index (χ1) is 10.2. The molecule has 2 amide bonds. The number of carbonyl (C=O) groups excluding carboxylic acids is 1. The number of carbonyl (C=O) groups is 1. The number of nitrogens with one attached hydrogen (secondary N) is 1. The maximum Gasteiger partial charge on any atom is 0.321 e. The van der Waals surface area contributed by atoms with Gasteiger partial charge in [-0.05, 0) is 29.5 Å². The molecule has 1 aromatic carbocycles. The van der Waals surface area contributed by atoms with Crippen molar-refractivity contribution < 1.29 is 4.79 Å². The highest BCUT2D eigenvalue weighted by molar-refractivity contribution is 5.77. The van der Waals surface area contributed by atoms with E-state index < -0.39 is 0 Å². The Hall–Kier alpha value is -1.77. The van der Waals surface area contributed by atoms with E-state index in [1.165, 1.54) is 30.4 Å². The molecular weight excluding hydrogens is 260 g/mol. The van der Waals surface area contributed by atoms with Crippen LogP contribution in [-0.4, -0.2) is 17.5 Å². The Morgan fingerprint density at radius 2 is 2.05 bits per heavy atom. The second-order valence-electron chi connectivity index (χ2n) is 6.12. The van der Waals surface area contributed by atoms with Crippen LogP contribution in [0.4, 0.5) is 4.79 Å². The van der Waals surface area contributed by atoms with Crippen LogP contribution in [0.2, 0.25) is 0 Å². The Balaban J connectivity index is 1.68. The van der Waals surface area contributed by atoms with Crippen LogP contribution in [0.3, 0.4) is 0 Å². The lowest BCUT2D eigenvalue weighted by Gasteiger charge is -2.23. The molecule has 0 spiro atoms. The van der Waals surface area contributed by atoms with Crippen LogP contribution in [0.25, 0.3) is 6.08 Å². The van der Waals surface area contributed by atoms with Crippen LogP contribution in [-0.2, 0) is 6.54 Å². The number of amides is 2. The highest BCUT2D eigenvalue weighted by Gasteiger charge is 2.15. The highest BCUT2D eigenvalue weighted by atomic mass is 16.2. The summed E-state index contributed by atoms with van der Waals surface area (Å²) in [5.41, 5.74) is 2.40. The minimum Gasteiger partial charge on any atom is -0.338 e. The van der Waals surface area contributed by atoms with Gasteiger partial charge in [0.25, 0.3) is 0 Å². The van der Waals surface area contributed by atoms with Gasteiger partial charge in [0.2, 0.25) is 0 Å². The quantitative estimate of drug-likeness (QED) is 0.772. The average molecular weight is 286 g/mol. The van der Waals surface area contributed by atoms with Crippen LogP contribution < -0.4 is 5.32 Å². The van der Waals surface area contributed by atoms with E-state index >= 15 is 0 Å². The Labute approximate surface area is 128 Å². The van der Waals surface area contributed by atoms with Gasteiger partial charge < -0.3 is 5.32 Å². The molecule has 1 aliphatic rings. The second kappa shape index (κ2) is 7.87. The number of benzene rings is 1.